The average Bonchev–Trinajstić information content (AvgIpc) is 2.18. The topological polar surface area (TPSA) is 16.1 Å². The van der Waals surface area contributed by atoms with Gasteiger partial charge in [-0.05, 0) is 32.1 Å². The van der Waals surface area contributed by atoms with Crippen LogP contribution in [0.4, 0.5) is 5.82 Å². The molecule has 0 aromatic carbocycles. The normalized spacial score (nSPS) is 10.2. The molecule has 0 N–H and O–H groups in total. The Labute approximate surface area is 85.6 Å². The predicted molar refractivity (Wildman–Crippen MR) is 61.2 cm³/mol. The van der Waals surface area contributed by atoms with Crippen molar-refractivity contribution in [2.24, 2.45) is 0 Å². The largest absolute Gasteiger partial charge is 0.336 e. The zero-order valence-corrected chi connectivity index (χ0v) is 8.94. The van der Waals surface area contributed by atoms with Crippen LogP contribution in [0.5, 0.6) is 0 Å². The molecule has 0 unspecified atom stereocenters. The molecular weight excluding hydrogens is 172 g/mol. The van der Waals surface area contributed by atoms with Crippen LogP contribution in [0.3, 0.4) is 0 Å². The van der Waals surface area contributed by atoms with Crippen LogP contribution in [-0.4, -0.2) is 12.0 Å². The SMILES string of the molecule is CC(C)=C/C=C/N(C)c1ccccn1. The van der Waals surface area contributed by atoms with Gasteiger partial charge in [-0.2, -0.15) is 0 Å². The first-order valence-corrected chi connectivity index (χ1v) is 4.65. The maximum Gasteiger partial charge on any atom is 0.132 e. The van der Waals surface area contributed by atoms with E-state index in [9.17, 15) is 0 Å². The summed E-state index contributed by atoms with van der Waals surface area (Å²) in [7, 11) is 1.98. The van der Waals surface area contributed by atoms with Gasteiger partial charge in [-0.3, -0.25) is 0 Å². The van der Waals surface area contributed by atoms with Crippen LogP contribution in [0.15, 0.2) is 48.3 Å². The number of anilines is 1. The highest BCUT2D eigenvalue weighted by molar-refractivity contribution is 5.40. The molecule has 1 aromatic rings. The molecular formula is C12H16N2. The molecule has 1 heterocycles. The molecule has 0 spiro atoms. The van der Waals surface area contributed by atoms with Crippen LogP contribution in [0.25, 0.3) is 0 Å². The van der Waals surface area contributed by atoms with Crippen molar-refractivity contribution in [3.8, 4) is 0 Å². The smallest absolute Gasteiger partial charge is 0.132 e. The molecule has 14 heavy (non-hydrogen) atoms. The van der Waals surface area contributed by atoms with E-state index in [0.29, 0.717) is 0 Å². The van der Waals surface area contributed by atoms with Gasteiger partial charge in [0.1, 0.15) is 5.82 Å². The fraction of sp³-hybridized carbons (Fsp3) is 0.250. The molecule has 0 radical (unpaired) electrons. The zero-order valence-electron chi connectivity index (χ0n) is 8.94. The van der Waals surface area contributed by atoms with Gasteiger partial charge >= 0.3 is 0 Å². The Balaban J connectivity index is 2.64. The van der Waals surface area contributed by atoms with E-state index < -0.39 is 0 Å². The molecule has 0 saturated carbocycles. The minimum atomic E-state index is 0.950. The van der Waals surface area contributed by atoms with Crippen LogP contribution < -0.4 is 4.90 Å². The Morgan fingerprint density at radius 2 is 2.14 bits per heavy atom. The van der Waals surface area contributed by atoms with Gasteiger partial charge < -0.3 is 4.90 Å². The Morgan fingerprint density at radius 3 is 2.71 bits per heavy atom. The number of allylic oxidation sites excluding steroid dienone is 3. The Kier molecular flexibility index (Phi) is 3.92. The molecule has 0 aliphatic carbocycles. The minimum Gasteiger partial charge on any atom is -0.336 e. The van der Waals surface area contributed by atoms with Crippen molar-refractivity contribution in [3.63, 3.8) is 0 Å². The van der Waals surface area contributed by atoms with Gasteiger partial charge in [-0.25, -0.2) is 4.98 Å². The summed E-state index contributed by atoms with van der Waals surface area (Å²) in [6.45, 7) is 4.15. The minimum absolute atomic E-state index is 0.950. The number of pyridine rings is 1. The second-order valence-electron chi connectivity index (χ2n) is 3.38. The Morgan fingerprint density at radius 1 is 1.36 bits per heavy atom. The van der Waals surface area contributed by atoms with Crippen molar-refractivity contribution >= 4 is 5.82 Å². The molecule has 2 heteroatoms. The van der Waals surface area contributed by atoms with Gasteiger partial charge in [0, 0.05) is 19.4 Å². The van der Waals surface area contributed by atoms with Crippen LogP contribution in [-0.2, 0) is 0 Å². The maximum atomic E-state index is 4.23. The number of hydrogen-bond donors (Lipinski definition) is 0. The Hall–Kier alpha value is -1.57. The van der Waals surface area contributed by atoms with E-state index in [0.717, 1.165) is 5.82 Å². The van der Waals surface area contributed by atoms with E-state index in [2.05, 4.69) is 24.9 Å². The predicted octanol–water partition coefficient (Wildman–Crippen LogP) is 3.00. The molecule has 0 aliphatic rings. The third-order valence-electron chi connectivity index (χ3n) is 1.75. The highest BCUT2D eigenvalue weighted by Gasteiger charge is 1.93. The number of hydrogen-bond acceptors (Lipinski definition) is 2. The lowest BCUT2D eigenvalue weighted by Gasteiger charge is -2.11. The van der Waals surface area contributed by atoms with Crippen molar-refractivity contribution < 1.29 is 0 Å². The fourth-order valence-electron chi connectivity index (χ4n) is 1.00. The molecule has 0 atom stereocenters. The van der Waals surface area contributed by atoms with Crippen molar-refractivity contribution in [3.05, 3.63) is 48.3 Å². The average molecular weight is 188 g/mol. The molecule has 0 amide bonds. The van der Waals surface area contributed by atoms with Gasteiger partial charge in [-0.15, -0.1) is 0 Å². The van der Waals surface area contributed by atoms with Crippen molar-refractivity contribution in [1.82, 2.24) is 4.98 Å². The molecule has 0 saturated heterocycles. The highest BCUT2D eigenvalue weighted by Crippen LogP contribution is 2.06. The quantitative estimate of drug-likeness (QED) is 0.678. The summed E-state index contributed by atoms with van der Waals surface area (Å²) in [5.41, 5.74) is 1.29. The van der Waals surface area contributed by atoms with Crippen LogP contribution in [0, 0.1) is 0 Å². The summed E-state index contributed by atoms with van der Waals surface area (Å²) in [5.74, 6) is 0.950. The third kappa shape index (κ3) is 3.44. The van der Waals surface area contributed by atoms with Gasteiger partial charge in [-0.1, -0.05) is 17.7 Å². The molecule has 0 fully saturated rings. The molecule has 1 rings (SSSR count). The van der Waals surface area contributed by atoms with E-state index in [1.807, 2.05) is 42.4 Å². The second kappa shape index (κ2) is 5.22. The van der Waals surface area contributed by atoms with Crippen LogP contribution in [0.2, 0.25) is 0 Å². The second-order valence-corrected chi connectivity index (χ2v) is 3.38. The zero-order chi connectivity index (χ0) is 10.4. The van der Waals surface area contributed by atoms with E-state index in [1.165, 1.54) is 5.57 Å². The number of nitrogens with zero attached hydrogens (tertiary/aromatic N) is 2. The van der Waals surface area contributed by atoms with Gasteiger partial charge in [0.05, 0.1) is 0 Å². The van der Waals surface area contributed by atoms with E-state index >= 15 is 0 Å². The van der Waals surface area contributed by atoms with E-state index in [4.69, 9.17) is 0 Å². The molecule has 74 valence electrons. The first-order valence-electron chi connectivity index (χ1n) is 4.65. The van der Waals surface area contributed by atoms with Crippen molar-refractivity contribution in [2.45, 2.75) is 13.8 Å². The summed E-state index contributed by atoms with van der Waals surface area (Å²) in [6, 6.07) is 5.87. The lowest BCUT2D eigenvalue weighted by molar-refractivity contribution is 1.12. The lowest BCUT2D eigenvalue weighted by atomic mass is 10.3. The van der Waals surface area contributed by atoms with E-state index in [-0.39, 0.29) is 0 Å². The summed E-state index contributed by atoms with van der Waals surface area (Å²) < 4.78 is 0. The summed E-state index contributed by atoms with van der Waals surface area (Å²) >= 11 is 0. The van der Waals surface area contributed by atoms with Crippen LogP contribution in [0.1, 0.15) is 13.8 Å². The summed E-state index contributed by atoms with van der Waals surface area (Å²) in [4.78, 5) is 6.22. The lowest BCUT2D eigenvalue weighted by Crippen LogP contribution is -2.08. The first kappa shape index (κ1) is 10.5. The highest BCUT2D eigenvalue weighted by atomic mass is 15.1. The van der Waals surface area contributed by atoms with Crippen molar-refractivity contribution in [1.29, 1.82) is 0 Å². The summed E-state index contributed by atoms with van der Waals surface area (Å²) in [5, 5.41) is 0. The Bertz CT molecular complexity index is 321. The first-order chi connectivity index (χ1) is 6.70. The third-order valence-corrected chi connectivity index (χ3v) is 1.75. The van der Waals surface area contributed by atoms with Gasteiger partial charge in [0.15, 0.2) is 0 Å². The maximum absolute atomic E-state index is 4.23. The molecule has 0 aliphatic heterocycles. The summed E-state index contributed by atoms with van der Waals surface area (Å²) in [6.07, 6.45) is 7.87. The molecule has 0 bridgehead atoms. The standard InChI is InChI=1S/C12H16N2/c1-11(2)7-6-10-14(3)12-8-4-5-9-13-12/h4-10H,1-3H3/b10-6+. The van der Waals surface area contributed by atoms with Gasteiger partial charge in [0.2, 0.25) is 0 Å². The van der Waals surface area contributed by atoms with Crippen molar-refractivity contribution in [2.75, 3.05) is 11.9 Å². The van der Waals surface area contributed by atoms with Gasteiger partial charge in [0.25, 0.3) is 0 Å². The van der Waals surface area contributed by atoms with Crippen LogP contribution >= 0.6 is 0 Å². The number of rotatable bonds is 3. The fourth-order valence-corrected chi connectivity index (χ4v) is 1.00. The number of aromatic nitrogens is 1. The monoisotopic (exact) mass is 188 g/mol. The molecule has 1 aromatic heterocycles. The van der Waals surface area contributed by atoms with E-state index in [1.54, 1.807) is 6.20 Å². The molecule has 2 nitrogen and oxygen atoms in total.